The lowest BCUT2D eigenvalue weighted by atomic mass is 10.0. The Bertz CT molecular complexity index is 1030. The maximum atomic E-state index is 13.1. The molecule has 2 aromatic rings. The molecule has 1 saturated carbocycles. The van der Waals surface area contributed by atoms with Gasteiger partial charge in [0.05, 0.1) is 0 Å². The topological polar surface area (TPSA) is 105 Å². The second kappa shape index (κ2) is 7.25. The minimum atomic E-state index is -0.593. The summed E-state index contributed by atoms with van der Waals surface area (Å²) in [6, 6.07) is 13.8. The highest BCUT2D eigenvalue weighted by Gasteiger charge is 2.40. The Kier molecular flexibility index (Phi) is 4.55. The quantitative estimate of drug-likeness (QED) is 0.660. The Morgan fingerprint density at radius 1 is 1.10 bits per heavy atom. The Morgan fingerprint density at radius 2 is 1.87 bits per heavy atom. The summed E-state index contributed by atoms with van der Waals surface area (Å²) in [7, 11) is 0. The normalized spacial score (nSPS) is 25.2. The summed E-state index contributed by atoms with van der Waals surface area (Å²) in [6.07, 6.45) is 1.68. The van der Waals surface area contributed by atoms with Crippen LogP contribution < -0.4 is 16.4 Å². The van der Waals surface area contributed by atoms with Gasteiger partial charge in [-0.25, -0.2) is 0 Å². The van der Waals surface area contributed by atoms with Gasteiger partial charge in [-0.05, 0) is 41.7 Å². The number of piperidine rings is 1. The Balaban J connectivity index is 1.30. The van der Waals surface area contributed by atoms with E-state index < -0.39 is 6.04 Å². The monoisotopic (exact) mass is 404 g/mol. The summed E-state index contributed by atoms with van der Waals surface area (Å²) in [5.41, 5.74) is 10.7. The maximum absolute atomic E-state index is 13.1. The molecule has 0 bridgehead atoms. The second-order valence-electron chi connectivity index (χ2n) is 8.33. The first-order valence-corrected chi connectivity index (χ1v) is 10.4. The van der Waals surface area contributed by atoms with Crippen LogP contribution in [0.15, 0.2) is 42.5 Å². The van der Waals surface area contributed by atoms with Gasteiger partial charge in [0.1, 0.15) is 6.04 Å². The van der Waals surface area contributed by atoms with Crippen LogP contribution in [0, 0.1) is 0 Å². The summed E-state index contributed by atoms with van der Waals surface area (Å²) in [5.74, 6) is -0.329. The van der Waals surface area contributed by atoms with Crippen LogP contribution >= 0.6 is 0 Å². The third-order valence-corrected chi connectivity index (χ3v) is 6.30. The molecule has 1 aliphatic carbocycles. The molecule has 0 aromatic heterocycles. The van der Waals surface area contributed by atoms with Gasteiger partial charge >= 0.3 is 0 Å². The van der Waals surface area contributed by atoms with E-state index in [1.807, 2.05) is 30.3 Å². The number of anilines is 1. The van der Waals surface area contributed by atoms with E-state index >= 15 is 0 Å². The molecule has 3 atom stereocenters. The van der Waals surface area contributed by atoms with Crippen molar-refractivity contribution in [3.05, 3.63) is 64.7 Å². The van der Waals surface area contributed by atoms with Crippen LogP contribution in [-0.4, -0.2) is 34.7 Å². The van der Waals surface area contributed by atoms with Crippen molar-refractivity contribution in [3.63, 3.8) is 0 Å². The second-order valence-corrected chi connectivity index (χ2v) is 8.33. The molecule has 3 amide bonds. The summed E-state index contributed by atoms with van der Waals surface area (Å²) < 4.78 is 0. The molecule has 1 unspecified atom stereocenters. The first-order valence-electron chi connectivity index (χ1n) is 10.4. The molecule has 0 radical (unpaired) electrons. The third-order valence-electron chi connectivity index (χ3n) is 6.30. The summed E-state index contributed by atoms with van der Waals surface area (Å²) in [4.78, 5) is 38.4. The first-order chi connectivity index (χ1) is 14.5. The van der Waals surface area contributed by atoms with Gasteiger partial charge in [0.15, 0.2) is 0 Å². The van der Waals surface area contributed by atoms with Crippen molar-refractivity contribution < 1.29 is 14.4 Å². The summed E-state index contributed by atoms with van der Waals surface area (Å²) in [6.45, 7) is 0.908. The largest absolute Gasteiger partial charge is 0.381 e. The number of nitrogens with one attached hydrogen (secondary N) is 2. The lowest BCUT2D eigenvalue weighted by Gasteiger charge is -2.29. The zero-order valence-electron chi connectivity index (χ0n) is 16.6. The molecule has 2 fully saturated rings. The van der Waals surface area contributed by atoms with Gasteiger partial charge in [-0.1, -0.05) is 30.3 Å². The van der Waals surface area contributed by atoms with Crippen LogP contribution in [0.25, 0.3) is 0 Å². The molecule has 2 aliphatic heterocycles. The number of carbonyl (C=O) groups is 3. The molecular formula is C23H24N4O3. The first kappa shape index (κ1) is 18.8. The van der Waals surface area contributed by atoms with Gasteiger partial charge in [-0.2, -0.15) is 0 Å². The van der Waals surface area contributed by atoms with Gasteiger partial charge in [0, 0.05) is 42.7 Å². The van der Waals surface area contributed by atoms with Gasteiger partial charge in [-0.15, -0.1) is 0 Å². The van der Waals surface area contributed by atoms with Gasteiger partial charge in [0.25, 0.3) is 5.91 Å². The van der Waals surface area contributed by atoms with Crippen molar-refractivity contribution in [2.45, 2.75) is 50.4 Å². The fraction of sp³-hybridized carbons (Fsp3) is 0.348. The third kappa shape index (κ3) is 3.35. The van der Waals surface area contributed by atoms with Crippen molar-refractivity contribution in [2.75, 3.05) is 5.32 Å². The van der Waals surface area contributed by atoms with Crippen LogP contribution in [-0.2, 0) is 22.7 Å². The van der Waals surface area contributed by atoms with Crippen LogP contribution in [0.5, 0.6) is 0 Å². The highest BCUT2D eigenvalue weighted by atomic mass is 16.2. The van der Waals surface area contributed by atoms with Gasteiger partial charge in [-0.3, -0.25) is 19.7 Å². The number of fused-ring (bicyclic) bond motifs is 1. The number of rotatable bonds is 5. The minimum Gasteiger partial charge on any atom is -0.381 e. The zero-order chi connectivity index (χ0) is 20.8. The van der Waals surface area contributed by atoms with E-state index in [9.17, 15) is 14.4 Å². The lowest BCUT2D eigenvalue weighted by molar-refractivity contribution is -0.136. The Labute approximate surface area is 174 Å². The van der Waals surface area contributed by atoms with Crippen LogP contribution in [0.3, 0.4) is 0 Å². The fourth-order valence-corrected chi connectivity index (χ4v) is 4.48. The number of imide groups is 1. The number of benzene rings is 2. The Morgan fingerprint density at radius 3 is 2.57 bits per heavy atom. The molecular weight excluding hydrogens is 380 g/mol. The number of carbonyl (C=O) groups excluding carboxylic acids is 3. The Hall–Kier alpha value is -3.19. The number of hydrogen-bond donors (Lipinski definition) is 3. The van der Waals surface area contributed by atoms with Gasteiger partial charge in [0.2, 0.25) is 11.8 Å². The minimum absolute atomic E-state index is 0.144. The van der Waals surface area contributed by atoms with E-state index in [4.69, 9.17) is 5.73 Å². The smallest absolute Gasteiger partial charge is 0.255 e. The standard InChI is InChI=1S/C23H24N4O3/c24-18-10-17(18)13-4-6-16(7-5-13)25-11-14-2-1-3-15-12-27(23(30)21(14)15)19-8-9-20(28)26-22(19)29/h1-7,17-19,25H,8-12,24H2,(H,26,28,29)/t17-,18+,19?/m0/s1. The molecule has 0 spiro atoms. The number of nitrogens with zero attached hydrogens (tertiary/aromatic N) is 1. The van der Waals surface area contributed by atoms with Crippen molar-refractivity contribution in [1.82, 2.24) is 10.2 Å². The molecule has 1 saturated heterocycles. The molecule has 154 valence electrons. The average Bonchev–Trinajstić information content (AvgIpc) is 3.38. The number of nitrogens with two attached hydrogens (primary N) is 1. The van der Waals surface area contributed by atoms with Crippen molar-refractivity contribution in [1.29, 1.82) is 0 Å². The SMILES string of the molecule is N[C@@H]1C[C@H]1c1ccc(NCc2cccc3c2C(=O)N(C2CCC(=O)NC2=O)C3)cc1. The number of hydrogen-bond acceptors (Lipinski definition) is 5. The molecule has 7 heteroatoms. The summed E-state index contributed by atoms with van der Waals surface area (Å²) >= 11 is 0. The molecule has 3 aliphatic rings. The van der Waals surface area contributed by atoms with E-state index in [1.165, 1.54) is 5.56 Å². The van der Waals surface area contributed by atoms with Crippen LogP contribution in [0.2, 0.25) is 0 Å². The molecule has 5 rings (SSSR count). The lowest BCUT2D eigenvalue weighted by Crippen LogP contribution is -2.52. The number of amides is 3. The molecule has 4 N–H and O–H groups in total. The van der Waals surface area contributed by atoms with Crippen molar-refractivity contribution in [3.8, 4) is 0 Å². The maximum Gasteiger partial charge on any atom is 0.255 e. The van der Waals surface area contributed by atoms with E-state index in [0.29, 0.717) is 31.0 Å². The highest BCUT2D eigenvalue weighted by molar-refractivity contribution is 6.06. The molecule has 2 heterocycles. The van der Waals surface area contributed by atoms with E-state index in [0.717, 1.165) is 23.2 Å². The zero-order valence-corrected chi connectivity index (χ0v) is 16.6. The van der Waals surface area contributed by atoms with Crippen molar-refractivity contribution >= 4 is 23.4 Å². The van der Waals surface area contributed by atoms with Crippen molar-refractivity contribution in [2.24, 2.45) is 5.73 Å². The van der Waals surface area contributed by atoms with Gasteiger partial charge < -0.3 is 16.0 Å². The van der Waals surface area contributed by atoms with Crippen LogP contribution in [0.1, 0.15) is 52.2 Å². The molecule has 2 aromatic carbocycles. The molecule has 7 nitrogen and oxygen atoms in total. The van der Waals surface area contributed by atoms with Crippen LogP contribution in [0.4, 0.5) is 5.69 Å². The average molecular weight is 404 g/mol. The fourth-order valence-electron chi connectivity index (χ4n) is 4.48. The molecule has 30 heavy (non-hydrogen) atoms. The predicted molar refractivity (Wildman–Crippen MR) is 112 cm³/mol. The van der Waals surface area contributed by atoms with E-state index in [-0.39, 0.29) is 30.2 Å². The van der Waals surface area contributed by atoms with E-state index in [2.05, 4.69) is 22.8 Å². The predicted octanol–water partition coefficient (Wildman–Crippen LogP) is 1.87. The van der Waals surface area contributed by atoms with E-state index in [1.54, 1.807) is 4.90 Å². The summed E-state index contributed by atoms with van der Waals surface area (Å²) in [5, 5.41) is 5.73. The highest BCUT2D eigenvalue weighted by Crippen LogP contribution is 2.39.